The molecular weight excluding hydrogens is 108 g/mol. The molecule has 0 spiro atoms. The van der Waals surface area contributed by atoms with Crippen LogP contribution in [0, 0.1) is 0 Å². The van der Waals surface area contributed by atoms with Crippen molar-refractivity contribution >= 4 is 5.97 Å². The van der Waals surface area contributed by atoms with Crippen molar-refractivity contribution in [3.63, 3.8) is 0 Å². The summed E-state index contributed by atoms with van der Waals surface area (Å²) in [4.78, 5) is 14.1. The summed E-state index contributed by atoms with van der Waals surface area (Å²) in [6.07, 6.45) is 0.552. The van der Waals surface area contributed by atoms with Crippen LogP contribution in [0.15, 0.2) is 0 Å². The molecule has 0 bridgehead atoms. The maximum atomic E-state index is 10.3. The van der Waals surface area contributed by atoms with Gasteiger partial charge in [0.25, 0.3) is 0 Å². The summed E-state index contributed by atoms with van der Waals surface area (Å²) in [5.41, 5.74) is 5.17. The molecule has 0 heterocycles. The zero-order valence-corrected chi connectivity index (χ0v) is 4.76. The van der Waals surface area contributed by atoms with E-state index in [2.05, 4.69) is 10.7 Å². The molecule has 4 N–H and O–H groups in total. The summed E-state index contributed by atoms with van der Waals surface area (Å²) < 4.78 is 0. The monoisotopic (exact) mass is 118 g/mol. The van der Waals surface area contributed by atoms with Gasteiger partial charge in [-0.25, -0.2) is 4.79 Å². The lowest BCUT2D eigenvalue weighted by Crippen LogP contribution is -2.32. The van der Waals surface area contributed by atoms with E-state index in [9.17, 15) is 4.79 Å². The molecule has 48 valence electrons. The zero-order chi connectivity index (χ0) is 6.57. The van der Waals surface area contributed by atoms with Crippen LogP contribution in [0.3, 0.4) is 0 Å². The molecule has 0 amide bonds. The number of carbonyl (C=O) groups excluding carboxylic acids is 1. The van der Waals surface area contributed by atoms with Crippen LogP contribution in [-0.4, -0.2) is 12.0 Å². The summed E-state index contributed by atoms with van der Waals surface area (Å²) >= 11 is 0. The minimum absolute atomic E-state index is 0.552. The van der Waals surface area contributed by atoms with E-state index in [4.69, 9.17) is 5.73 Å². The van der Waals surface area contributed by atoms with Gasteiger partial charge in [-0.05, 0) is 6.42 Å². The molecule has 0 aliphatic carbocycles. The molecule has 0 aromatic heterocycles. The number of hydrogen-bond donors (Lipinski definition) is 2. The maximum Gasteiger partial charge on any atom is 0.341 e. The molecular formula is C4H10N2O2. The van der Waals surface area contributed by atoms with Gasteiger partial charge in [0.2, 0.25) is 0 Å². The third-order valence-electron chi connectivity index (χ3n) is 0.859. The van der Waals surface area contributed by atoms with E-state index < -0.39 is 12.0 Å². The number of nitrogens with two attached hydrogens (primary N) is 2. The summed E-state index contributed by atoms with van der Waals surface area (Å²) in [5, 5.41) is 0. The minimum Gasteiger partial charge on any atom is -0.372 e. The summed E-state index contributed by atoms with van der Waals surface area (Å²) in [6.45, 7) is 1.78. The van der Waals surface area contributed by atoms with Gasteiger partial charge in [0.05, 0.1) is 0 Å². The quantitative estimate of drug-likeness (QED) is 0.462. The van der Waals surface area contributed by atoms with Gasteiger partial charge in [-0.15, -0.1) is 0 Å². The Labute approximate surface area is 47.7 Å². The van der Waals surface area contributed by atoms with Crippen molar-refractivity contribution in [2.75, 3.05) is 0 Å². The molecule has 0 rings (SSSR count). The predicted molar refractivity (Wildman–Crippen MR) is 28.5 cm³/mol. The molecule has 8 heavy (non-hydrogen) atoms. The minimum atomic E-state index is -0.569. The lowest BCUT2D eigenvalue weighted by Gasteiger charge is -2.02. The molecule has 0 saturated heterocycles. The number of hydrogen-bond acceptors (Lipinski definition) is 4. The standard InChI is InChI=1S/C4H10N2O2/c1-2-3(5)4(7)8-6/h3H,2,5-6H2,1H3. The number of rotatable bonds is 2. The Morgan fingerprint density at radius 1 is 1.88 bits per heavy atom. The topological polar surface area (TPSA) is 78.3 Å². The zero-order valence-electron chi connectivity index (χ0n) is 4.76. The van der Waals surface area contributed by atoms with Crippen LogP contribution >= 0.6 is 0 Å². The number of carbonyl (C=O) groups is 1. The van der Waals surface area contributed by atoms with E-state index >= 15 is 0 Å². The molecule has 0 radical (unpaired) electrons. The Kier molecular flexibility index (Phi) is 3.14. The van der Waals surface area contributed by atoms with Gasteiger partial charge < -0.3 is 10.6 Å². The van der Waals surface area contributed by atoms with Gasteiger partial charge in [-0.3, -0.25) is 0 Å². The Balaban J connectivity index is 3.46. The molecule has 1 unspecified atom stereocenters. The molecule has 0 aliphatic heterocycles. The summed E-state index contributed by atoms with van der Waals surface area (Å²) in [5.74, 6) is 3.96. The Morgan fingerprint density at radius 3 is 2.50 bits per heavy atom. The highest BCUT2D eigenvalue weighted by Gasteiger charge is 2.09. The SMILES string of the molecule is CCC(N)C(=O)ON. The fourth-order valence-electron chi connectivity index (χ4n) is 0.254. The van der Waals surface area contributed by atoms with Gasteiger partial charge in [-0.2, -0.15) is 5.90 Å². The molecule has 4 nitrogen and oxygen atoms in total. The lowest BCUT2D eigenvalue weighted by atomic mass is 10.2. The Bertz CT molecular complexity index is 84.1. The van der Waals surface area contributed by atoms with E-state index in [-0.39, 0.29) is 0 Å². The molecule has 0 aromatic carbocycles. The highest BCUT2D eigenvalue weighted by atomic mass is 16.7. The molecule has 0 aliphatic rings. The van der Waals surface area contributed by atoms with Crippen molar-refractivity contribution in [2.45, 2.75) is 19.4 Å². The van der Waals surface area contributed by atoms with E-state index in [1.54, 1.807) is 6.92 Å². The fraction of sp³-hybridized carbons (Fsp3) is 0.750. The average molecular weight is 118 g/mol. The van der Waals surface area contributed by atoms with Gasteiger partial charge in [0.1, 0.15) is 6.04 Å². The maximum absolute atomic E-state index is 10.3. The third kappa shape index (κ3) is 1.90. The van der Waals surface area contributed by atoms with Gasteiger partial charge in [0, 0.05) is 0 Å². The first-order valence-electron chi connectivity index (χ1n) is 2.38. The van der Waals surface area contributed by atoms with Crippen molar-refractivity contribution in [1.82, 2.24) is 0 Å². The highest BCUT2D eigenvalue weighted by Crippen LogP contribution is 1.85. The molecule has 4 heteroatoms. The Hall–Kier alpha value is -0.610. The van der Waals surface area contributed by atoms with Crippen LogP contribution in [0.5, 0.6) is 0 Å². The van der Waals surface area contributed by atoms with Gasteiger partial charge in [0.15, 0.2) is 0 Å². The van der Waals surface area contributed by atoms with Crippen molar-refractivity contribution < 1.29 is 9.63 Å². The van der Waals surface area contributed by atoms with Crippen molar-refractivity contribution in [2.24, 2.45) is 11.6 Å². The summed E-state index contributed by atoms with van der Waals surface area (Å²) in [7, 11) is 0. The van der Waals surface area contributed by atoms with Crippen LogP contribution in [0.2, 0.25) is 0 Å². The first-order chi connectivity index (χ1) is 3.72. The van der Waals surface area contributed by atoms with E-state index in [1.165, 1.54) is 0 Å². The smallest absolute Gasteiger partial charge is 0.341 e. The van der Waals surface area contributed by atoms with Crippen LogP contribution in [0.25, 0.3) is 0 Å². The Morgan fingerprint density at radius 2 is 2.38 bits per heavy atom. The van der Waals surface area contributed by atoms with E-state index in [1.807, 2.05) is 0 Å². The predicted octanol–water partition coefficient (Wildman–Crippen LogP) is -0.859. The largest absolute Gasteiger partial charge is 0.372 e. The fourth-order valence-corrected chi connectivity index (χ4v) is 0.254. The molecule has 1 atom stereocenters. The van der Waals surface area contributed by atoms with Crippen LogP contribution in [0.1, 0.15) is 13.3 Å². The second kappa shape index (κ2) is 3.40. The van der Waals surface area contributed by atoms with Crippen molar-refractivity contribution in [1.29, 1.82) is 0 Å². The average Bonchev–Trinajstić information content (AvgIpc) is 1.84. The first-order valence-corrected chi connectivity index (χ1v) is 2.38. The third-order valence-corrected chi connectivity index (χ3v) is 0.859. The normalized spacial score (nSPS) is 12.9. The van der Waals surface area contributed by atoms with E-state index in [0.29, 0.717) is 6.42 Å². The second-order valence-corrected chi connectivity index (χ2v) is 1.45. The molecule has 0 fully saturated rings. The second-order valence-electron chi connectivity index (χ2n) is 1.45. The molecule has 0 aromatic rings. The van der Waals surface area contributed by atoms with E-state index in [0.717, 1.165) is 0 Å². The molecule has 0 saturated carbocycles. The first kappa shape index (κ1) is 7.39. The summed E-state index contributed by atoms with van der Waals surface area (Å²) in [6, 6.07) is -0.569. The van der Waals surface area contributed by atoms with Crippen LogP contribution in [-0.2, 0) is 9.63 Å². The van der Waals surface area contributed by atoms with Crippen molar-refractivity contribution in [3.05, 3.63) is 0 Å². The highest BCUT2D eigenvalue weighted by molar-refractivity contribution is 5.74. The van der Waals surface area contributed by atoms with Gasteiger partial charge >= 0.3 is 5.97 Å². The van der Waals surface area contributed by atoms with Gasteiger partial charge in [-0.1, -0.05) is 6.92 Å². The lowest BCUT2D eigenvalue weighted by molar-refractivity contribution is -0.145. The van der Waals surface area contributed by atoms with Crippen molar-refractivity contribution in [3.8, 4) is 0 Å². The van der Waals surface area contributed by atoms with Crippen LogP contribution < -0.4 is 11.6 Å². The van der Waals surface area contributed by atoms with Crippen LogP contribution in [0.4, 0.5) is 0 Å².